The van der Waals surface area contributed by atoms with Gasteiger partial charge in [0.2, 0.25) is 5.95 Å². The molecule has 5 heterocycles. The van der Waals surface area contributed by atoms with Crippen molar-refractivity contribution in [1.29, 1.82) is 0 Å². The number of nitrogens with zero attached hydrogens (tertiary/aromatic N) is 4. The number of hydrogen-bond acceptors (Lipinski definition) is 8. The Hall–Kier alpha value is -2.59. The molecule has 5 rings (SSSR count). The minimum absolute atomic E-state index is 0.0947. The number of rotatable bonds is 6. The molecule has 0 saturated carbocycles. The van der Waals surface area contributed by atoms with Crippen molar-refractivity contribution in [3.8, 4) is 0 Å². The molecule has 3 saturated heterocycles. The van der Waals surface area contributed by atoms with Crippen LogP contribution >= 0.6 is 11.3 Å². The number of amides is 1. The Morgan fingerprint density at radius 3 is 2.87 bits per heavy atom. The van der Waals surface area contributed by atoms with Crippen LogP contribution in [0, 0.1) is 11.8 Å². The van der Waals surface area contributed by atoms with E-state index in [2.05, 4.69) is 32.1 Å². The van der Waals surface area contributed by atoms with Gasteiger partial charge in [-0.25, -0.2) is 15.0 Å². The van der Waals surface area contributed by atoms with Crippen LogP contribution in [-0.4, -0.2) is 63.8 Å². The van der Waals surface area contributed by atoms with Crippen LogP contribution in [0.2, 0.25) is 0 Å². The molecular formula is C21H27N5O4S. The second-order valence-corrected chi connectivity index (χ2v) is 8.96. The molecule has 4 atom stereocenters. The van der Waals surface area contributed by atoms with Gasteiger partial charge >= 0.3 is 0 Å². The van der Waals surface area contributed by atoms with Crippen molar-refractivity contribution >= 4 is 29.7 Å². The zero-order valence-corrected chi connectivity index (χ0v) is 18.3. The van der Waals surface area contributed by atoms with E-state index in [0.29, 0.717) is 24.1 Å². The van der Waals surface area contributed by atoms with Crippen molar-refractivity contribution < 1.29 is 19.4 Å². The molecule has 2 N–H and O–H groups in total. The van der Waals surface area contributed by atoms with Crippen molar-refractivity contribution in [3.05, 3.63) is 34.5 Å². The quantitative estimate of drug-likeness (QED) is 0.649. The van der Waals surface area contributed by atoms with E-state index in [1.807, 2.05) is 12.4 Å². The Balaban J connectivity index is 0.000000730. The van der Waals surface area contributed by atoms with E-state index in [0.717, 1.165) is 44.7 Å². The van der Waals surface area contributed by atoms with Gasteiger partial charge in [-0.3, -0.25) is 9.59 Å². The van der Waals surface area contributed by atoms with Gasteiger partial charge in [-0.15, -0.1) is 11.3 Å². The summed E-state index contributed by atoms with van der Waals surface area (Å²) in [5.74, 6) is 1.44. The maximum atomic E-state index is 12.3. The summed E-state index contributed by atoms with van der Waals surface area (Å²) in [6, 6.07) is 0. The summed E-state index contributed by atoms with van der Waals surface area (Å²) in [5, 5.41) is 11.7. The van der Waals surface area contributed by atoms with Gasteiger partial charge in [0.25, 0.3) is 12.4 Å². The van der Waals surface area contributed by atoms with Gasteiger partial charge in [-0.1, -0.05) is 13.3 Å². The number of hydrogen-bond donors (Lipinski definition) is 2. The second kappa shape index (κ2) is 9.27. The number of fused-ring (bicyclic) bond motifs is 1. The zero-order chi connectivity index (χ0) is 21.8. The van der Waals surface area contributed by atoms with Crippen LogP contribution in [0.5, 0.6) is 0 Å². The molecule has 0 unspecified atom stereocenters. The molecule has 2 aromatic heterocycles. The average molecular weight is 446 g/mol. The fourth-order valence-electron chi connectivity index (χ4n) is 5.17. The van der Waals surface area contributed by atoms with E-state index in [1.165, 1.54) is 16.9 Å². The number of ether oxygens (including phenoxy) is 1. The fourth-order valence-corrected chi connectivity index (χ4v) is 5.70. The number of carboxylic acid groups (broad SMARTS) is 1. The molecule has 0 radical (unpaired) electrons. The monoisotopic (exact) mass is 445 g/mol. The van der Waals surface area contributed by atoms with Crippen LogP contribution < -0.4 is 10.2 Å². The summed E-state index contributed by atoms with van der Waals surface area (Å²) >= 11 is 1.44. The predicted octanol–water partition coefficient (Wildman–Crippen LogP) is 2.00. The average Bonchev–Trinajstić information content (AvgIpc) is 3.54. The molecule has 3 aliphatic heterocycles. The van der Waals surface area contributed by atoms with Crippen LogP contribution in [0.25, 0.3) is 0 Å². The Morgan fingerprint density at radius 1 is 1.42 bits per heavy atom. The standard InChI is InChI=1S/C20H25N5O2S.CH2O2/c1-2-3-13-6-22-19(23-7-13)25-9-15-14(17-4-5-20(15,11-25)27-17)8-21-18(26)16-10-28-12-24-16;2-1-3/h6-7,10,12,14-15,17H,2-5,8-9,11H2,1H3,(H,21,26);1H,(H,2,3)/t14-,15+,17+,20+;/m0./s1. The Bertz CT molecular complexity index is 894. The van der Waals surface area contributed by atoms with Gasteiger partial charge in [0.05, 0.1) is 23.8 Å². The van der Waals surface area contributed by atoms with Gasteiger partial charge in [-0.05, 0) is 24.8 Å². The van der Waals surface area contributed by atoms with E-state index in [4.69, 9.17) is 14.6 Å². The first-order valence-electron chi connectivity index (χ1n) is 10.6. The van der Waals surface area contributed by atoms with Crippen molar-refractivity contribution in [2.75, 3.05) is 24.5 Å². The number of aromatic nitrogens is 3. The molecule has 0 aromatic carbocycles. The first kappa shape index (κ1) is 21.6. The third-order valence-corrected chi connectivity index (χ3v) is 7.05. The van der Waals surface area contributed by atoms with E-state index >= 15 is 0 Å². The molecular weight excluding hydrogens is 418 g/mol. The smallest absolute Gasteiger partial charge is 0.290 e. The molecule has 3 fully saturated rings. The predicted molar refractivity (Wildman–Crippen MR) is 115 cm³/mol. The molecule has 1 spiro atoms. The van der Waals surface area contributed by atoms with E-state index in [9.17, 15) is 4.79 Å². The summed E-state index contributed by atoms with van der Waals surface area (Å²) in [5.41, 5.74) is 3.26. The number of carbonyl (C=O) groups excluding carboxylic acids is 1. The Morgan fingerprint density at radius 2 is 2.19 bits per heavy atom. The Labute approximate surface area is 184 Å². The molecule has 9 nitrogen and oxygen atoms in total. The first-order valence-corrected chi connectivity index (χ1v) is 11.5. The van der Waals surface area contributed by atoms with Gasteiger partial charge in [0.1, 0.15) is 5.69 Å². The topological polar surface area (TPSA) is 118 Å². The molecule has 2 aromatic rings. The van der Waals surface area contributed by atoms with Crippen LogP contribution in [0.3, 0.4) is 0 Å². The lowest BCUT2D eigenvalue weighted by atomic mass is 9.73. The third kappa shape index (κ3) is 4.27. The van der Waals surface area contributed by atoms with E-state index in [1.54, 1.807) is 10.9 Å². The van der Waals surface area contributed by atoms with Crippen molar-refractivity contribution in [3.63, 3.8) is 0 Å². The number of anilines is 1. The highest BCUT2D eigenvalue weighted by Crippen LogP contribution is 2.54. The van der Waals surface area contributed by atoms with E-state index < -0.39 is 0 Å². The molecule has 31 heavy (non-hydrogen) atoms. The highest BCUT2D eigenvalue weighted by molar-refractivity contribution is 7.07. The van der Waals surface area contributed by atoms with E-state index in [-0.39, 0.29) is 24.1 Å². The lowest BCUT2D eigenvalue weighted by Crippen LogP contribution is -2.42. The minimum atomic E-state index is -0.250. The zero-order valence-electron chi connectivity index (χ0n) is 17.4. The van der Waals surface area contributed by atoms with Crippen molar-refractivity contribution in [2.24, 2.45) is 11.8 Å². The number of carbonyl (C=O) groups is 2. The van der Waals surface area contributed by atoms with Crippen LogP contribution in [0.15, 0.2) is 23.3 Å². The highest BCUT2D eigenvalue weighted by atomic mass is 32.1. The van der Waals surface area contributed by atoms with Crippen LogP contribution in [0.4, 0.5) is 5.95 Å². The lowest BCUT2D eigenvalue weighted by Gasteiger charge is -2.29. The highest BCUT2D eigenvalue weighted by Gasteiger charge is 2.63. The largest absolute Gasteiger partial charge is 0.483 e. The number of aryl methyl sites for hydroxylation is 1. The fraction of sp³-hybridized carbons (Fsp3) is 0.571. The summed E-state index contributed by atoms with van der Waals surface area (Å²) in [4.78, 5) is 36.2. The molecule has 10 heteroatoms. The summed E-state index contributed by atoms with van der Waals surface area (Å²) < 4.78 is 6.47. The maximum absolute atomic E-state index is 12.3. The van der Waals surface area contributed by atoms with Gasteiger partial charge in [0, 0.05) is 42.7 Å². The molecule has 166 valence electrons. The van der Waals surface area contributed by atoms with Gasteiger partial charge < -0.3 is 20.1 Å². The molecule has 1 amide bonds. The third-order valence-electron chi connectivity index (χ3n) is 6.46. The minimum Gasteiger partial charge on any atom is -0.483 e. The van der Waals surface area contributed by atoms with Gasteiger partial charge in [-0.2, -0.15) is 0 Å². The number of thiazole rings is 1. The molecule has 0 aliphatic carbocycles. The number of nitrogens with one attached hydrogen (secondary N) is 1. The Kier molecular flexibility index (Phi) is 6.47. The summed E-state index contributed by atoms with van der Waals surface area (Å²) in [7, 11) is 0. The second-order valence-electron chi connectivity index (χ2n) is 8.24. The van der Waals surface area contributed by atoms with Crippen molar-refractivity contribution in [1.82, 2.24) is 20.3 Å². The summed E-state index contributed by atoms with van der Waals surface area (Å²) in [6.45, 7) is 4.28. The maximum Gasteiger partial charge on any atom is 0.290 e. The van der Waals surface area contributed by atoms with Crippen LogP contribution in [0.1, 0.15) is 42.2 Å². The SMILES string of the molecule is CCCc1cnc(N2C[C@@H]3[C@H](CNC(=O)c4cscn4)[C@H]4CC[C@]3(C2)O4)nc1.O=CO. The van der Waals surface area contributed by atoms with Crippen molar-refractivity contribution in [2.45, 2.75) is 44.3 Å². The van der Waals surface area contributed by atoms with Crippen LogP contribution in [-0.2, 0) is 16.0 Å². The molecule has 3 aliphatic rings. The lowest BCUT2D eigenvalue weighted by molar-refractivity contribution is -0.122. The summed E-state index contributed by atoms with van der Waals surface area (Å²) in [6.07, 6.45) is 8.40. The first-order chi connectivity index (χ1) is 15.1. The van der Waals surface area contributed by atoms with Gasteiger partial charge in [0.15, 0.2) is 0 Å². The molecule has 2 bridgehead atoms. The normalized spacial score (nSPS) is 28.0.